The summed E-state index contributed by atoms with van der Waals surface area (Å²) in [6.45, 7) is 2.60. The first-order valence-corrected chi connectivity index (χ1v) is 9.47. The van der Waals surface area contributed by atoms with Gasteiger partial charge in [0.25, 0.3) is 0 Å². The van der Waals surface area contributed by atoms with Gasteiger partial charge in [-0.2, -0.15) is 0 Å². The van der Waals surface area contributed by atoms with E-state index in [0.29, 0.717) is 30.0 Å². The zero-order valence-electron chi connectivity index (χ0n) is 15.9. The molecule has 0 saturated carbocycles. The normalized spacial score (nSPS) is 10.6. The maximum absolute atomic E-state index is 14.5. The third-order valence-electron chi connectivity index (χ3n) is 4.42. The van der Waals surface area contributed by atoms with Crippen molar-refractivity contribution in [1.82, 2.24) is 0 Å². The van der Waals surface area contributed by atoms with Crippen LogP contribution in [0.1, 0.15) is 51.0 Å². The van der Waals surface area contributed by atoms with Crippen molar-refractivity contribution in [3.05, 3.63) is 47.8 Å². The summed E-state index contributed by atoms with van der Waals surface area (Å²) in [4.78, 5) is 12.0. The van der Waals surface area contributed by atoms with Gasteiger partial charge in [0.05, 0.1) is 17.1 Å². The van der Waals surface area contributed by atoms with E-state index in [2.05, 4.69) is 17.6 Å². The number of rotatable bonds is 10. The van der Waals surface area contributed by atoms with E-state index in [1.165, 1.54) is 12.8 Å². The Labute approximate surface area is 160 Å². The Morgan fingerprint density at radius 1 is 0.963 bits per heavy atom. The van der Waals surface area contributed by atoms with E-state index in [9.17, 15) is 9.18 Å². The van der Waals surface area contributed by atoms with Crippen LogP contribution in [0.3, 0.4) is 0 Å². The Morgan fingerprint density at radius 3 is 2.33 bits per heavy atom. The number of anilines is 4. The van der Waals surface area contributed by atoms with Gasteiger partial charge in [0.1, 0.15) is 0 Å². The summed E-state index contributed by atoms with van der Waals surface area (Å²) in [6, 6.07) is 10.5. The average Bonchev–Trinajstić information content (AvgIpc) is 2.66. The first-order valence-electron chi connectivity index (χ1n) is 9.47. The Bertz CT molecular complexity index is 747. The van der Waals surface area contributed by atoms with Crippen molar-refractivity contribution < 1.29 is 9.18 Å². The van der Waals surface area contributed by atoms with Gasteiger partial charge < -0.3 is 22.1 Å². The van der Waals surface area contributed by atoms with E-state index in [0.717, 1.165) is 24.8 Å². The summed E-state index contributed by atoms with van der Waals surface area (Å²) < 4.78 is 14.5. The standard InChI is InChI=1S/C21H29FN4O/c1-2-3-4-5-6-7-19(27)26-18-13-12-17(20(22)21(18)24)25-14-15-8-10-16(23)11-9-15/h8-13,25H,2-7,14,23-24H2,1H3,(H,26,27). The summed E-state index contributed by atoms with van der Waals surface area (Å²) in [5, 5.41) is 5.72. The van der Waals surface area contributed by atoms with Crippen molar-refractivity contribution >= 4 is 28.7 Å². The average molecular weight is 372 g/mol. The van der Waals surface area contributed by atoms with Crippen LogP contribution in [0, 0.1) is 5.82 Å². The van der Waals surface area contributed by atoms with E-state index < -0.39 is 5.82 Å². The van der Waals surface area contributed by atoms with Gasteiger partial charge in [0.15, 0.2) is 5.82 Å². The fourth-order valence-corrected chi connectivity index (χ4v) is 2.77. The number of benzene rings is 2. The minimum atomic E-state index is -0.564. The van der Waals surface area contributed by atoms with Gasteiger partial charge in [-0.3, -0.25) is 4.79 Å². The monoisotopic (exact) mass is 372 g/mol. The molecule has 1 amide bonds. The highest BCUT2D eigenvalue weighted by atomic mass is 19.1. The van der Waals surface area contributed by atoms with E-state index in [1.54, 1.807) is 24.3 Å². The van der Waals surface area contributed by atoms with Gasteiger partial charge in [0.2, 0.25) is 5.91 Å². The number of carbonyl (C=O) groups excluding carboxylic acids is 1. The number of halogens is 1. The lowest BCUT2D eigenvalue weighted by molar-refractivity contribution is -0.116. The summed E-state index contributed by atoms with van der Waals surface area (Å²) in [5.41, 5.74) is 13.7. The molecule has 0 aliphatic rings. The van der Waals surface area contributed by atoms with Gasteiger partial charge in [-0.25, -0.2) is 4.39 Å². The van der Waals surface area contributed by atoms with Crippen molar-refractivity contribution in [2.45, 2.75) is 52.0 Å². The lowest BCUT2D eigenvalue weighted by Crippen LogP contribution is -2.14. The van der Waals surface area contributed by atoms with Crippen molar-refractivity contribution in [1.29, 1.82) is 0 Å². The lowest BCUT2D eigenvalue weighted by atomic mass is 10.1. The number of carbonyl (C=O) groups is 1. The highest BCUT2D eigenvalue weighted by molar-refractivity contribution is 5.94. The van der Waals surface area contributed by atoms with Gasteiger partial charge in [-0.15, -0.1) is 0 Å². The molecule has 6 heteroatoms. The molecule has 0 aromatic heterocycles. The van der Waals surface area contributed by atoms with Crippen molar-refractivity contribution in [2.75, 3.05) is 22.1 Å². The molecule has 5 nitrogen and oxygen atoms in total. The molecule has 0 saturated heterocycles. The number of nitrogens with one attached hydrogen (secondary N) is 2. The van der Waals surface area contributed by atoms with Crippen molar-refractivity contribution in [3.8, 4) is 0 Å². The molecule has 0 fully saturated rings. The van der Waals surface area contributed by atoms with E-state index in [1.807, 2.05) is 12.1 Å². The molecule has 0 aliphatic carbocycles. The fraction of sp³-hybridized carbons (Fsp3) is 0.381. The van der Waals surface area contributed by atoms with Crippen LogP contribution >= 0.6 is 0 Å². The summed E-state index contributed by atoms with van der Waals surface area (Å²) >= 11 is 0. The minimum Gasteiger partial charge on any atom is -0.399 e. The molecule has 0 bridgehead atoms. The fourth-order valence-electron chi connectivity index (χ4n) is 2.77. The Hall–Kier alpha value is -2.76. The maximum atomic E-state index is 14.5. The first kappa shape index (κ1) is 20.6. The molecule has 0 unspecified atom stereocenters. The smallest absolute Gasteiger partial charge is 0.224 e. The molecule has 0 heterocycles. The Kier molecular flexibility index (Phi) is 7.92. The van der Waals surface area contributed by atoms with Crippen LogP contribution in [0.2, 0.25) is 0 Å². The number of unbranched alkanes of at least 4 members (excludes halogenated alkanes) is 4. The molecule has 0 atom stereocenters. The lowest BCUT2D eigenvalue weighted by Gasteiger charge is -2.13. The van der Waals surface area contributed by atoms with Gasteiger partial charge in [-0.05, 0) is 36.2 Å². The first-order chi connectivity index (χ1) is 13.0. The molecule has 2 aromatic carbocycles. The number of hydrogen-bond acceptors (Lipinski definition) is 4. The van der Waals surface area contributed by atoms with Gasteiger partial charge in [0, 0.05) is 18.7 Å². The highest BCUT2D eigenvalue weighted by Crippen LogP contribution is 2.28. The van der Waals surface area contributed by atoms with Crippen LogP contribution in [-0.4, -0.2) is 5.91 Å². The third-order valence-corrected chi connectivity index (χ3v) is 4.42. The zero-order valence-corrected chi connectivity index (χ0v) is 15.9. The predicted octanol–water partition coefficient (Wildman–Crippen LogP) is 4.90. The number of amides is 1. The molecule has 2 rings (SSSR count). The number of hydrogen-bond donors (Lipinski definition) is 4. The largest absolute Gasteiger partial charge is 0.399 e. The SMILES string of the molecule is CCCCCCCC(=O)Nc1ccc(NCc2ccc(N)cc2)c(F)c1N. The van der Waals surface area contributed by atoms with E-state index in [-0.39, 0.29) is 11.6 Å². The quantitative estimate of drug-likeness (QED) is 0.352. The molecule has 0 radical (unpaired) electrons. The highest BCUT2D eigenvalue weighted by Gasteiger charge is 2.13. The molecule has 6 N–H and O–H groups in total. The Morgan fingerprint density at radius 2 is 1.63 bits per heavy atom. The Balaban J connectivity index is 1.89. The second-order valence-electron chi connectivity index (χ2n) is 6.70. The summed E-state index contributed by atoms with van der Waals surface area (Å²) in [5.74, 6) is -0.702. The zero-order chi connectivity index (χ0) is 19.6. The van der Waals surface area contributed by atoms with E-state index >= 15 is 0 Å². The molecule has 0 spiro atoms. The van der Waals surface area contributed by atoms with Crippen LogP contribution < -0.4 is 22.1 Å². The molecule has 2 aromatic rings. The van der Waals surface area contributed by atoms with Gasteiger partial charge in [-0.1, -0.05) is 44.7 Å². The predicted molar refractivity (Wildman–Crippen MR) is 111 cm³/mol. The third kappa shape index (κ3) is 6.47. The second kappa shape index (κ2) is 10.4. The second-order valence-corrected chi connectivity index (χ2v) is 6.70. The van der Waals surface area contributed by atoms with Crippen molar-refractivity contribution in [2.24, 2.45) is 0 Å². The number of nitrogens with two attached hydrogens (primary N) is 2. The molecule has 146 valence electrons. The molecule has 27 heavy (non-hydrogen) atoms. The molecular formula is C21H29FN4O. The maximum Gasteiger partial charge on any atom is 0.224 e. The van der Waals surface area contributed by atoms with Crippen LogP contribution in [0.25, 0.3) is 0 Å². The molecule has 0 aliphatic heterocycles. The van der Waals surface area contributed by atoms with Crippen LogP contribution in [0.5, 0.6) is 0 Å². The van der Waals surface area contributed by atoms with Gasteiger partial charge >= 0.3 is 0 Å². The summed E-state index contributed by atoms with van der Waals surface area (Å²) in [6.07, 6.45) is 5.76. The van der Waals surface area contributed by atoms with Crippen LogP contribution in [-0.2, 0) is 11.3 Å². The molecular weight excluding hydrogens is 343 g/mol. The van der Waals surface area contributed by atoms with Crippen LogP contribution in [0.15, 0.2) is 36.4 Å². The van der Waals surface area contributed by atoms with Crippen LogP contribution in [0.4, 0.5) is 27.1 Å². The number of nitrogen functional groups attached to an aromatic ring is 2. The summed E-state index contributed by atoms with van der Waals surface area (Å²) in [7, 11) is 0. The minimum absolute atomic E-state index is 0.0587. The van der Waals surface area contributed by atoms with E-state index in [4.69, 9.17) is 11.5 Å². The van der Waals surface area contributed by atoms with Crippen molar-refractivity contribution in [3.63, 3.8) is 0 Å². The topological polar surface area (TPSA) is 93.2 Å².